The number of benzene rings is 4. The first-order valence-corrected chi connectivity index (χ1v) is 14.3. The van der Waals surface area contributed by atoms with Crippen molar-refractivity contribution in [2.24, 2.45) is 0 Å². The SMILES string of the molecule is CCOC(=O)C(c1ccccc1)c1cn(CC(=O)N(C)CCc2ccccc2)c2cccc(OCc3ccccc3)c12. The molecule has 0 radical (unpaired) electrons. The fourth-order valence-electron chi connectivity index (χ4n) is 5.20. The number of carbonyl (C=O) groups excluding carboxylic acids is 2. The van der Waals surface area contributed by atoms with Gasteiger partial charge in [-0.2, -0.15) is 0 Å². The van der Waals surface area contributed by atoms with Crippen molar-refractivity contribution in [3.63, 3.8) is 0 Å². The van der Waals surface area contributed by atoms with Crippen LogP contribution in [0.15, 0.2) is 115 Å². The number of esters is 1. The van der Waals surface area contributed by atoms with E-state index in [2.05, 4.69) is 12.1 Å². The molecular formula is C36H36N2O4. The average molecular weight is 561 g/mol. The second kappa shape index (κ2) is 13.7. The quantitative estimate of drug-likeness (QED) is 0.161. The summed E-state index contributed by atoms with van der Waals surface area (Å²) in [4.78, 5) is 28.7. The lowest BCUT2D eigenvalue weighted by Crippen LogP contribution is -2.31. The fraction of sp³-hybridized carbons (Fsp3) is 0.222. The van der Waals surface area contributed by atoms with Crippen LogP contribution in [0.3, 0.4) is 0 Å². The smallest absolute Gasteiger partial charge is 0.317 e. The van der Waals surface area contributed by atoms with Gasteiger partial charge in [0.2, 0.25) is 5.91 Å². The summed E-state index contributed by atoms with van der Waals surface area (Å²) >= 11 is 0. The van der Waals surface area contributed by atoms with Gasteiger partial charge in [-0.05, 0) is 42.2 Å². The van der Waals surface area contributed by atoms with Gasteiger partial charge < -0.3 is 18.9 Å². The van der Waals surface area contributed by atoms with Crippen molar-refractivity contribution in [1.82, 2.24) is 9.47 Å². The number of carbonyl (C=O) groups is 2. The highest BCUT2D eigenvalue weighted by Crippen LogP contribution is 2.39. The largest absolute Gasteiger partial charge is 0.488 e. The molecule has 5 rings (SSSR count). The van der Waals surface area contributed by atoms with Crippen LogP contribution in [0.25, 0.3) is 10.9 Å². The molecule has 214 valence electrons. The fourth-order valence-corrected chi connectivity index (χ4v) is 5.20. The lowest BCUT2D eigenvalue weighted by Gasteiger charge is -2.18. The van der Waals surface area contributed by atoms with E-state index in [1.807, 2.05) is 122 Å². The molecule has 6 nitrogen and oxygen atoms in total. The van der Waals surface area contributed by atoms with Crippen molar-refractivity contribution in [1.29, 1.82) is 0 Å². The zero-order valence-electron chi connectivity index (χ0n) is 24.1. The van der Waals surface area contributed by atoms with Crippen molar-refractivity contribution < 1.29 is 19.1 Å². The number of fused-ring (bicyclic) bond motifs is 1. The maximum absolute atomic E-state index is 13.5. The van der Waals surface area contributed by atoms with Gasteiger partial charge in [-0.25, -0.2) is 0 Å². The Bertz CT molecular complexity index is 1610. The van der Waals surface area contributed by atoms with Crippen molar-refractivity contribution in [3.8, 4) is 5.75 Å². The van der Waals surface area contributed by atoms with E-state index < -0.39 is 5.92 Å². The lowest BCUT2D eigenvalue weighted by atomic mass is 9.91. The maximum atomic E-state index is 13.5. The number of rotatable bonds is 12. The normalized spacial score (nSPS) is 11.7. The maximum Gasteiger partial charge on any atom is 0.317 e. The Morgan fingerprint density at radius 3 is 2.12 bits per heavy atom. The molecular weight excluding hydrogens is 524 g/mol. The molecule has 0 fully saturated rings. The minimum absolute atomic E-state index is 0.0163. The minimum atomic E-state index is -0.678. The number of hydrogen-bond donors (Lipinski definition) is 0. The van der Waals surface area contributed by atoms with Gasteiger partial charge >= 0.3 is 5.97 Å². The Kier molecular flexibility index (Phi) is 9.34. The van der Waals surface area contributed by atoms with Crippen LogP contribution in [-0.4, -0.2) is 41.5 Å². The summed E-state index contributed by atoms with van der Waals surface area (Å²) in [5, 5.41) is 0.801. The highest BCUT2D eigenvalue weighted by molar-refractivity contribution is 5.96. The summed E-state index contributed by atoms with van der Waals surface area (Å²) in [7, 11) is 1.83. The van der Waals surface area contributed by atoms with Gasteiger partial charge in [-0.15, -0.1) is 0 Å². The second-order valence-electron chi connectivity index (χ2n) is 10.3. The molecule has 0 saturated carbocycles. The number of aromatic nitrogens is 1. The van der Waals surface area contributed by atoms with E-state index in [4.69, 9.17) is 9.47 Å². The molecule has 6 heteroatoms. The highest BCUT2D eigenvalue weighted by atomic mass is 16.5. The summed E-state index contributed by atoms with van der Waals surface area (Å²) in [6.07, 6.45) is 2.69. The van der Waals surface area contributed by atoms with Crippen LogP contribution in [0.4, 0.5) is 0 Å². The number of nitrogens with zero attached hydrogens (tertiary/aromatic N) is 2. The van der Waals surface area contributed by atoms with Crippen molar-refractivity contribution in [2.45, 2.75) is 32.4 Å². The van der Waals surface area contributed by atoms with Crippen molar-refractivity contribution in [2.75, 3.05) is 20.2 Å². The van der Waals surface area contributed by atoms with Crippen molar-refractivity contribution in [3.05, 3.63) is 138 Å². The molecule has 42 heavy (non-hydrogen) atoms. The summed E-state index contributed by atoms with van der Waals surface area (Å²) in [6, 6.07) is 35.5. The van der Waals surface area contributed by atoms with Crippen molar-refractivity contribution >= 4 is 22.8 Å². The predicted molar refractivity (Wildman–Crippen MR) is 165 cm³/mol. The van der Waals surface area contributed by atoms with Crippen LogP contribution in [0.1, 0.15) is 35.1 Å². The number of ether oxygens (including phenoxy) is 2. The Hall–Kier alpha value is -4.84. The molecule has 0 aliphatic rings. The molecule has 0 aliphatic heterocycles. The van der Waals surface area contributed by atoms with Gasteiger partial charge in [0.05, 0.1) is 12.1 Å². The number of hydrogen-bond acceptors (Lipinski definition) is 4. The first-order chi connectivity index (χ1) is 20.5. The van der Waals surface area contributed by atoms with Crippen LogP contribution < -0.4 is 4.74 Å². The van der Waals surface area contributed by atoms with E-state index >= 15 is 0 Å². The predicted octanol–water partition coefficient (Wildman–Crippen LogP) is 6.62. The highest BCUT2D eigenvalue weighted by Gasteiger charge is 2.30. The zero-order chi connectivity index (χ0) is 29.3. The molecule has 0 spiro atoms. The van der Waals surface area contributed by atoms with Gasteiger partial charge in [0.25, 0.3) is 0 Å². The van der Waals surface area contributed by atoms with Gasteiger partial charge in [0, 0.05) is 30.7 Å². The van der Waals surface area contributed by atoms with Gasteiger partial charge in [0.1, 0.15) is 24.8 Å². The Morgan fingerprint density at radius 1 is 0.810 bits per heavy atom. The molecule has 5 aromatic rings. The molecule has 1 amide bonds. The van der Waals surface area contributed by atoms with E-state index in [0.717, 1.165) is 34.0 Å². The van der Waals surface area contributed by atoms with Gasteiger partial charge in [-0.3, -0.25) is 9.59 Å². The van der Waals surface area contributed by atoms with Crippen LogP contribution in [-0.2, 0) is 33.9 Å². The van der Waals surface area contributed by atoms with Gasteiger partial charge in [-0.1, -0.05) is 97.1 Å². The second-order valence-corrected chi connectivity index (χ2v) is 10.3. The number of amides is 1. The molecule has 0 aliphatic carbocycles. The summed E-state index contributed by atoms with van der Waals surface area (Å²) in [5.74, 6) is -0.383. The van der Waals surface area contributed by atoms with E-state index in [1.54, 1.807) is 4.90 Å². The molecule has 1 heterocycles. The van der Waals surface area contributed by atoms with E-state index in [-0.39, 0.29) is 25.0 Å². The third kappa shape index (κ3) is 6.72. The summed E-state index contributed by atoms with van der Waals surface area (Å²) < 4.78 is 13.9. The lowest BCUT2D eigenvalue weighted by molar-refractivity contribution is -0.143. The Morgan fingerprint density at radius 2 is 1.45 bits per heavy atom. The Balaban J connectivity index is 1.52. The minimum Gasteiger partial charge on any atom is -0.488 e. The monoisotopic (exact) mass is 560 g/mol. The van der Waals surface area contributed by atoms with E-state index in [1.165, 1.54) is 5.56 Å². The molecule has 1 unspecified atom stereocenters. The van der Waals surface area contributed by atoms with Crippen LogP contribution in [0, 0.1) is 0 Å². The third-order valence-electron chi connectivity index (χ3n) is 7.41. The van der Waals surface area contributed by atoms with E-state index in [0.29, 0.717) is 18.9 Å². The summed E-state index contributed by atoms with van der Waals surface area (Å²) in [6.45, 7) is 3.19. The molecule has 4 aromatic carbocycles. The topological polar surface area (TPSA) is 60.8 Å². The zero-order valence-corrected chi connectivity index (χ0v) is 24.1. The molecule has 0 bridgehead atoms. The van der Waals surface area contributed by atoms with Crippen LogP contribution in [0.5, 0.6) is 5.75 Å². The van der Waals surface area contributed by atoms with Crippen LogP contribution >= 0.6 is 0 Å². The standard InChI is InChI=1S/C36H36N2O4/c1-3-41-36(40)34(29-18-11-6-12-19-29)30-24-38(25-33(39)37(2)23-22-27-14-7-4-8-15-27)31-20-13-21-32(35(30)31)42-26-28-16-9-5-10-17-28/h4-21,24,34H,3,22-23,25-26H2,1-2H3. The first kappa shape index (κ1) is 28.7. The average Bonchev–Trinajstić information content (AvgIpc) is 3.38. The summed E-state index contributed by atoms with van der Waals surface area (Å²) in [5.41, 5.74) is 4.62. The van der Waals surface area contributed by atoms with E-state index in [9.17, 15) is 9.59 Å². The molecule has 1 aromatic heterocycles. The first-order valence-electron chi connectivity index (χ1n) is 14.3. The molecule has 1 atom stereocenters. The number of likely N-dealkylation sites (N-methyl/N-ethyl adjacent to an activating group) is 1. The van der Waals surface area contributed by atoms with Crippen LogP contribution in [0.2, 0.25) is 0 Å². The third-order valence-corrected chi connectivity index (χ3v) is 7.41. The Labute approximate surface area is 247 Å². The molecule has 0 N–H and O–H groups in total. The molecule has 0 saturated heterocycles. The van der Waals surface area contributed by atoms with Gasteiger partial charge in [0.15, 0.2) is 0 Å².